The lowest BCUT2D eigenvalue weighted by Crippen LogP contribution is -1.97. The lowest BCUT2D eigenvalue weighted by molar-refractivity contribution is 0.0696. The van der Waals surface area contributed by atoms with Crippen LogP contribution in [-0.2, 0) is 0 Å². The number of imidazole rings is 1. The summed E-state index contributed by atoms with van der Waals surface area (Å²) in [6, 6.07) is 10.8. The standard InChI is InChI=1S/C15H12N2O3/c1-20-12-5-2-10(3-6-12)13-9-17-8-11(15(18)19)4-7-14(17)16-13/h2-9H,1H3,(H,18,19). The number of rotatable bonds is 3. The summed E-state index contributed by atoms with van der Waals surface area (Å²) in [7, 11) is 1.62. The van der Waals surface area contributed by atoms with Crippen molar-refractivity contribution in [3.63, 3.8) is 0 Å². The third kappa shape index (κ3) is 2.09. The Bertz CT molecular complexity index is 775. The molecule has 2 aromatic heterocycles. The summed E-state index contributed by atoms with van der Waals surface area (Å²) in [6.07, 6.45) is 3.36. The van der Waals surface area contributed by atoms with E-state index in [1.54, 1.807) is 29.8 Å². The number of carboxylic acids is 1. The molecule has 0 saturated carbocycles. The summed E-state index contributed by atoms with van der Waals surface area (Å²) in [4.78, 5) is 15.4. The van der Waals surface area contributed by atoms with Crippen molar-refractivity contribution in [1.29, 1.82) is 0 Å². The van der Waals surface area contributed by atoms with Crippen molar-refractivity contribution >= 4 is 11.6 Å². The molecule has 0 aliphatic rings. The van der Waals surface area contributed by atoms with Gasteiger partial charge in [-0.15, -0.1) is 0 Å². The Labute approximate surface area is 115 Å². The fraction of sp³-hybridized carbons (Fsp3) is 0.0667. The molecule has 3 aromatic rings. The minimum absolute atomic E-state index is 0.233. The van der Waals surface area contributed by atoms with Crippen LogP contribution in [0.4, 0.5) is 0 Å². The SMILES string of the molecule is COc1ccc(-c2cn3cc(C(=O)O)ccc3n2)cc1. The van der Waals surface area contributed by atoms with Gasteiger partial charge in [0, 0.05) is 18.0 Å². The molecule has 0 fully saturated rings. The van der Waals surface area contributed by atoms with Gasteiger partial charge in [0.25, 0.3) is 0 Å². The monoisotopic (exact) mass is 268 g/mol. The molecule has 1 N–H and O–H groups in total. The van der Waals surface area contributed by atoms with E-state index >= 15 is 0 Å². The molecule has 0 atom stereocenters. The van der Waals surface area contributed by atoms with E-state index in [-0.39, 0.29) is 5.56 Å². The number of ether oxygens (including phenoxy) is 1. The van der Waals surface area contributed by atoms with Crippen LogP contribution in [0.15, 0.2) is 48.8 Å². The number of pyridine rings is 1. The molecule has 5 heteroatoms. The van der Waals surface area contributed by atoms with Gasteiger partial charge in [0.05, 0.1) is 18.4 Å². The Balaban J connectivity index is 2.05. The Morgan fingerprint density at radius 1 is 1.15 bits per heavy atom. The summed E-state index contributed by atoms with van der Waals surface area (Å²) in [6.45, 7) is 0. The van der Waals surface area contributed by atoms with Crippen LogP contribution in [0.2, 0.25) is 0 Å². The smallest absolute Gasteiger partial charge is 0.337 e. The summed E-state index contributed by atoms with van der Waals surface area (Å²) in [5, 5.41) is 8.98. The fourth-order valence-electron chi connectivity index (χ4n) is 2.02. The Morgan fingerprint density at radius 3 is 2.55 bits per heavy atom. The predicted octanol–water partition coefficient (Wildman–Crippen LogP) is 2.71. The number of carboxylic acid groups (broad SMARTS) is 1. The highest BCUT2D eigenvalue weighted by Crippen LogP contribution is 2.22. The molecule has 2 heterocycles. The van der Waals surface area contributed by atoms with Crippen LogP contribution < -0.4 is 4.74 Å². The van der Waals surface area contributed by atoms with E-state index in [2.05, 4.69) is 4.98 Å². The van der Waals surface area contributed by atoms with Gasteiger partial charge in [0.15, 0.2) is 0 Å². The van der Waals surface area contributed by atoms with Gasteiger partial charge in [-0.3, -0.25) is 0 Å². The van der Waals surface area contributed by atoms with Crippen LogP contribution in [0.1, 0.15) is 10.4 Å². The van der Waals surface area contributed by atoms with Crippen LogP contribution in [0.5, 0.6) is 5.75 Å². The number of hydrogen-bond acceptors (Lipinski definition) is 3. The first-order chi connectivity index (χ1) is 9.67. The predicted molar refractivity (Wildman–Crippen MR) is 74.1 cm³/mol. The zero-order valence-electron chi connectivity index (χ0n) is 10.8. The number of aromatic carboxylic acids is 1. The number of aromatic nitrogens is 2. The van der Waals surface area contributed by atoms with Crippen LogP contribution in [0.3, 0.4) is 0 Å². The zero-order valence-corrected chi connectivity index (χ0v) is 10.8. The van der Waals surface area contributed by atoms with E-state index in [1.165, 1.54) is 0 Å². The summed E-state index contributed by atoms with van der Waals surface area (Å²) < 4.78 is 6.83. The lowest BCUT2D eigenvalue weighted by atomic mass is 10.2. The van der Waals surface area contributed by atoms with Gasteiger partial charge >= 0.3 is 5.97 Å². The summed E-state index contributed by atoms with van der Waals surface area (Å²) in [5.41, 5.74) is 2.68. The average molecular weight is 268 g/mol. The second kappa shape index (κ2) is 4.70. The molecule has 0 amide bonds. The van der Waals surface area contributed by atoms with Gasteiger partial charge in [-0.25, -0.2) is 9.78 Å². The zero-order chi connectivity index (χ0) is 14.1. The fourth-order valence-corrected chi connectivity index (χ4v) is 2.02. The van der Waals surface area contributed by atoms with Gasteiger partial charge in [-0.05, 0) is 36.4 Å². The van der Waals surface area contributed by atoms with Crippen LogP contribution in [-0.4, -0.2) is 27.6 Å². The van der Waals surface area contributed by atoms with E-state index in [0.717, 1.165) is 17.0 Å². The molecule has 0 aliphatic carbocycles. The molecular weight excluding hydrogens is 256 g/mol. The van der Waals surface area contributed by atoms with Crippen molar-refractivity contribution in [3.05, 3.63) is 54.4 Å². The number of hydrogen-bond donors (Lipinski definition) is 1. The molecule has 0 spiro atoms. The van der Waals surface area contributed by atoms with Crippen molar-refractivity contribution in [1.82, 2.24) is 9.38 Å². The topological polar surface area (TPSA) is 63.8 Å². The number of fused-ring (bicyclic) bond motifs is 1. The van der Waals surface area contributed by atoms with Gasteiger partial charge in [0.2, 0.25) is 0 Å². The molecule has 100 valence electrons. The maximum atomic E-state index is 10.9. The van der Waals surface area contributed by atoms with E-state index in [4.69, 9.17) is 9.84 Å². The number of carbonyl (C=O) groups is 1. The highest BCUT2D eigenvalue weighted by Gasteiger charge is 2.08. The third-order valence-electron chi connectivity index (χ3n) is 3.08. The lowest BCUT2D eigenvalue weighted by Gasteiger charge is -1.99. The minimum atomic E-state index is -0.952. The molecule has 5 nitrogen and oxygen atoms in total. The first-order valence-corrected chi connectivity index (χ1v) is 6.04. The molecule has 0 radical (unpaired) electrons. The summed E-state index contributed by atoms with van der Waals surface area (Å²) in [5.74, 6) is -0.169. The molecule has 3 rings (SSSR count). The third-order valence-corrected chi connectivity index (χ3v) is 3.08. The van der Waals surface area contributed by atoms with Crippen molar-refractivity contribution in [2.45, 2.75) is 0 Å². The molecule has 1 aromatic carbocycles. The molecule has 0 unspecified atom stereocenters. The first kappa shape index (κ1) is 12.2. The van der Waals surface area contributed by atoms with Crippen molar-refractivity contribution in [3.8, 4) is 17.0 Å². The maximum absolute atomic E-state index is 10.9. The van der Waals surface area contributed by atoms with Crippen molar-refractivity contribution in [2.24, 2.45) is 0 Å². The van der Waals surface area contributed by atoms with Crippen molar-refractivity contribution < 1.29 is 14.6 Å². The van der Waals surface area contributed by atoms with Gasteiger partial charge in [-0.2, -0.15) is 0 Å². The van der Waals surface area contributed by atoms with E-state index in [9.17, 15) is 4.79 Å². The van der Waals surface area contributed by atoms with E-state index in [0.29, 0.717) is 5.65 Å². The number of methoxy groups -OCH3 is 1. The number of benzene rings is 1. The second-order valence-electron chi connectivity index (χ2n) is 4.34. The molecule has 0 saturated heterocycles. The van der Waals surface area contributed by atoms with Gasteiger partial charge in [0.1, 0.15) is 11.4 Å². The Kier molecular flexibility index (Phi) is 2.87. The van der Waals surface area contributed by atoms with Crippen LogP contribution in [0.25, 0.3) is 16.9 Å². The van der Waals surface area contributed by atoms with Gasteiger partial charge < -0.3 is 14.2 Å². The molecular formula is C15H12N2O3. The quantitative estimate of drug-likeness (QED) is 0.793. The highest BCUT2D eigenvalue weighted by molar-refractivity contribution is 5.87. The van der Waals surface area contributed by atoms with Crippen LogP contribution >= 0.6 is 0 Å². The van der Waals surface area contributed by atoms with Gasteiger partial charge in [-0.1, -0.05) is 0 Å². The Hall–Kier alpha value is -2.82. The number of nitrogens with zero attached hydrogens (tertiary/aromatic N) is 2. The first-order valence-electron chi connectivity index (χ1n) is 6.04. The Morgan fingerprint density at radius 2 is 1.90 bits per heavy atom. The molecule has 20 heavy (non-hydrogen) atoms. The normalized spacial score (nSPS) is 10.7. The molecule has 0 aliphatic heterocycles. The van der Waals surface area contributed by atoms with E-state index in [1.807, 2.05) is 30.5 Å². The average Bonchev–Trinajstić information content (AvgIpc) is 2.90. The van der Waals surface area contributed by atoms with Crippen LogP contribution in [0, 0.1) is 0 Å². The summed E-state index contributed by atoms with van der Waals surface area (Å²) >= 11 is 0. The second-order valence-corrected chi connectivity index (χ2v) is 4.34. The minimum Gasteiger partial charge on any atom is -0.497 e. The van der Waals surface area contributed by atoms with Crippen molar-refractivity contribution in [2.75, 3.05) is 7.11 Å². The maximum Gasteiger partial charge on any atom is 0.337 e. The van der Waals surface area contributed by atoms with E-state index < -0.39 is 5.97 Å². The largest absolute Gasteiger partial charge is 0.497 e. The highest BCUT2D eigenvalue weighted by atomic mass is 16.5. The molecule has 0 bridgehead atoms.